The van der Waals surface area contributed by atoms with Gasteiger partial charge >= 0.3 is 5.97 Å². The zero-order valence-electron chi connectivity index (χ0n) is 20.7. The van der Waals surface area contributed by atoms with E-state index in [1.165, 1.54) is 11.3 Å². The van der Waals surface area contributed by atoms with E-state index in [4.69, 9.17) is 39.5 Å². The molecule has 7 atom stereocenters. The van der Waals surface area contributed by atoms with Crippen molar-refractivity contribution >= 4 is 52.1 Å². The largest absolute Gasteiger partial charge is 0.459 e. The van der Waals surface area contributed by atoms with Gasteiger partial charge in [0.2, 0.25) is 0 Å². The molecule has 0 bridgehead atoms. The predicted molar refractivity (Wildman–Crippen MR) is 148 cm³/mol. The quantitative estimate of drug-likeness (QED) is 0.186. The molecule has 1 saturated carbocycles. The smallest absolute Gasteiger partial charge is 0.348 e. The number of thiophene rings is 1. The summed E-state index contributed by atoms with van der Waals surface area (Å²) in [5, 5.41) is 41.1. The lowest BCUT2D eigenvalue weighted by Crippen LogP contribution is -2.40. The Morgan fingerprint density at radius 1 is 1.05 bits per heavy atom. The monoisotopic (exact) mass is 592 g/mol. The molecule has 6 nitrogen and oxygen atoms in total. The van der Waals surface area contributed by atoms with Gasteiger partial charge in [-0.15, -0.1) is 22.9 Å². The molecule has 1 aliphatic rings. The molecule has 0 spiro atoms. The first-order chi connectivity index (χ1) is 17.6. The fraction of sp³-hybridized carbons (Fsp3) is 0.593. The molecule has 0 radical (unpaired) electrons. The van der Waals surface area contributed by atoms with Crippen LogP contribution < -0.4 is 0 Å². The molecule has 206 valence electrons. The van der Waals surface area contributed by atoms with Crippen LogP contribution in [0.4, 0.5) is 0 Å². The Balaban J connectivity index is 1.47. The summed E-state index contributed by atoms with van der Waals surface area (Å²) in [6.45, 7) is 1.29. The number of ether oxygens (including phenoxy) is 1. The lowest BCUT2D eigenvalue weighted by Gasteiger charge is -2.23. The summed E-state index contributed by atoms with van der Waals surface area (Å²) >= 11 is 20.2. The van der Waals surface area contributed by atoms with E-state index in [1.54, 1.807) is 19.1 Å². The average Bonchev–Trinajstić information content (AvgIpc) is 3.43. The number of halogens is 3. The first kappa shape index (κ1) is 30.6. The molecule has 1 fully saturated rings. The van der Waals surface area contributed by atoms with E-state index in [0.29, 0.717) is 21.3 Å². The van der Waals surface area contributed by atoms with E-state index in [2.05, 4.69) is 0 Å². The first-order valence-corrected chi connectivity index (χ1v) is 14.7. The summed E-state index contributed by atoms with van der Waals surface area (Å²) in [4.78, 5) is 13.8. The summed E-state index contributed by atoms with van der Waals surface area (Å²) < 4.78 is 5.11. The fourth-order valence-electron chi connectivity index (χ4n) is 4.99. The lowest BCUT2D eigenvalue weighted by atomic mass is 9.85. The Hall–Kier alpha value is -0.900. The van der Waals surface area contributed by atoms with Gasteiger partial charge in [0.1, 0.15) is 23.7 Å². The summed E-state index contributed by atoms with van der Waals surface area (Å²) in [5.41, 5.74) is 1.04. The minimum absolute atomic E-state index is 0.0789. The van der Waals surface area contributed by atoms with Gasteiger partial charge in [0.15, 0.2) is 0 Å². The summed E-state index contributed by atoms with van der Waals surface area (Å²) in [6, 6.07) is 9.08. The summed E-state index contributed by atoms with van der Waals surface area (Å²) in [6.07, 6.45) is 0.704. The molecular formula is C27H35Cl3O6S. The highest BCUT2D eigenvalue weighted by Gasteiger charge is 2.40. The molecule has 3 rings (SSSR count). The highest BCUT2D eigenvalue weighted by molar-refractivity contribution is 7.13. The van der Waals surface area contributed by atoms with Gasteiger partial charge in [-0.1, -0.05) is 30.1 Å². The van der Waals surface area contributed by atoms with Gasteiger partial charge in [-0.25, -0.2) is 4.79 Å². The molecular weight excluding hydrogens is 559 g/mol. The number of carbonyl (C=O) groups excluding carboxylic acids is 1. The topological polar surface area (TPSA) is 107 Å². The number of benzene rings is 1. The van der Waals surface area contributed by atoms with Gasteiger partial charge in [0, 0.05) is 20.3 Å². The van der Waals surface area contributed by atoms with Crippen molar-refractivity contribution in [3.05, 3.63) is 55.7 Å². The third-order valence-corrected chi connectivity index (χ3v) is 9.14. The predicted octanol–water partition coefficient (Wildman–Crippen LogP) is 5.26. The van der Waals surface area contributed by atoms with Gasteiger partial charge in [0.25, 0.3) is 0 Å². The van der Waals surface area contributed by atoms with Crippen molar-refractivity contribution in [2.24, 2.45) is 11.8 Å². The molecule has 1 aromatic carbocycles. The van der Waals surface area contributed by atoms with Crippen molar-refractivity contribution in [2.45, 2.75) is 81.7 Å². The number of esters is 1. The van der Waals surface area contributed by atoms with Crippen LogP contribution in [0.2, 0.25) is 10.0 Å². The number of rotatable bonds is 13. The molecule has 1 heterocycles. The van der Waals surface area contributed by atoms with Crippen molar-refractivity contribution in [2.75, 3.05) is 6.61 Å². The Kier molecular flexibility index (Phi) is 12.0. The van der Waals surface area contributed by atoms with E-state index in [1.807, 2.05) is 18.2 Å². The van der Waals surface area contributed by atoms with E-state index < -0.39 is 37.0 Å². The van der Waals surface area contributed by atoms with Crippen LogP contribution in [0.3, 0.4) is 0 Å². The molecule has 0 amide bonds. The number of aliphatic hydroxyl groups is 4. The maximum absolute atomic E-state index is 12.3. The van der Waals surface area contributed by atoms with E-state index in [0.717, 1.165) is 42.5 Å². The van der Waals surface area contributed by atoms with Crippen LogP contribution in [0.1, 0.15) is 59.1 Å². The molecule has 0 unspecified atom stereocenters. The van der Waals surface area contributed by atoms with E-state index >= 15 is 0 Å². The minimum atomic E-state index is -1.37. The SMILES string of the molecule is CC[C@H](O)[C@H](O)[C@@H](O)COC(=O)c1ccc(CCC[C@@H]2[C@@H](CCc3cc(Cl)cc(Cl)c3)[C@H](O)C[C@H]2Cl)s1. The van der Waals surface area contributed by atoms with Crippen LogP contribution in [0.15, 0.2) is 30.3 Å². The third-order valence-electron chi connectivity index (χ3n) is 7.08. The maximum Gasteiger partial charge on any atom is 0.348 e. The highest BCUT2D eigenvalue weighted by Crippen LogP contribution is 2.42. The maximum atomic E-state index is 12.3. The van der Waals surface area contributed by atoms with Crippen LogP contribution in [0.25, 0.3) is 0 Å². The number of hydrogen-bond acceptors (Lipinski definition) is 7. The minimum Gasteiger partial charge on any atom is -0.459 e. The summed E-state index contributed by atoms with van der Waals surface area (Å²) in [5.74, 6) is -0.279. The lowest BCUT2D eigenvalue weighted by molar-refractivity contribution is -0.0802. The van der Waals surface area contributed by atoms with Crippen molar-refractivity contribution in [3.8, 4) is 0 Å². The number of hydrogen-bond donors (Lipinski definition) is 4. The highest BCUT2D eigenvalue weighted by atomic mass is 35.5. The van der Waals surface area contributed by atoms with Crippen LogP contribution in [0, 0.1) is 11.8 Å². The third kappa shape index (κ3) is 8.80. The molecule has 1 aliphatic carbocycles. The summed E-state index contributed by atoms with van der Waals surface area (Å²) in [7, 11) is 0. The molecule has 0 saturated heterocycles. The van der Waals surface area contributed by atoms with Gasteiger partial charge in [-0.3, -0.25) is 0 Å². The van der Waals surface area contributed by atoms with Gasteiger partial charge < -0.3 is 25.2 Å². The molecule has 10 heteroatoms. The molecule has 4 N–H and O–H groups in total. The van der Waals surface area contributed by atoms with Crippen molar-refractivity contribution in [1.82, 2.24) is 0 Å². The number of aryl methyl sites for hydroxylation is 2. The van der Waals surface area contributed by atoms with E-state index in [-0.39, 0.29) is 23.6 Å². The average molecular weight is 594 g/mol. The van der Waals surface area contributed by atoms with Crippen LogP contribution >= 0.6 is 46.1 Å². The molecule has 1 aromatic heterocycles. The van der Waals surface area contributed by atoms with Gasteiger partial charge in [-0.2, -0.15) is 0 Å². The van der Waals surface area contributed by atoms with Crippen LogP contribution in [0.5, 0.6) is 0 Å². The van der Waals surface area contributed by atoms with Crippen LogP contribution in [-0.4, -0.2) is 62.8 Å². The second-order valence-corrected chi connectivity index (χ2v) is 12.4. The van der Waals surface area contributed by atoms with Crippen LogP contribution in [-0.2, 0) is 17.6 Å². The zero-order valence-corrected chi connectivity index (χ0v) is 23.8. The number of carbonyl (C=O) groups is 1. The van der Waals surface area contributed by atoms with Crippen molar-refractivity contribution in [3.63, 3.8) is 0 Å². The first-order valence-electron chi connectivity index (χ1n) is 12.7. The Morgan fingerprint density at radius 3 is 2.43 bits per heavy atom. The second kappa shape index (κ2) is 14.5. The van der Waals surface area contributed by atoms with E-state index in [9.17, 15) is 25.2 Å². The Bertz CT molecular complexity index is 998. The zero-order chi connectivity index (χ0) is 27.1. The standard InChI is InChI=1S/C27H35Cl3O6S/c1-2-22(31)26(34)24(33)14-36-27(35)25-9-7-18(37-25)4-3-5-19-20(23(32)13-21(19)30)8-6-15-10-16(28)12-17(29)11-15/h7,9-12,19-24,26,31-34H,2-6,8,13-14H2,1H3/t19-,20-,21-,22+,23-,24+,26+/m1/s1. The number of alkyl halides is 1. The molecule has 0 aliphatic heterocycles. The number of aliphatic hydroxyl groups excluding tert-OH is 4. The normalized spacial score (nSPS) is 24.1. The Morgan fingerprint density at radius 2 is 1.76 bits per heavy atom. The molecule has 37 heavy (non-hydrogen) atoms. The van der Waals surface area contributed by atoms with Crippen molar-refractivity contribution in [1.29, 1.82) is 0 Å². The second-order valence-electron chi connectivity index (χ2n) is 9.75. The Labute approximate surface area is 237 Å². The van der Waals surface area contributed by atoms with Gasteiger partial charge in [0.05, 0.1) is 12.2 Å². The molecule has 2 aromatic rings. The van der Waals surface area contributed by atoms with Gasteiger partial charge in [-0.05, 0) is 92.7 Å². The van der Waals surface area contributed by atoms with Crippen molar-refractivity contribution < 1.29 is 30.0 Å². The fourth-order valence-corrected chi connectivity index (χ4v) is 7.00.